The summed E-state index contributed by atoms with van der Waals surface area (Å²) in [5.41, 5.74) is 2.38. The molecule has 124 valence electrons. The maximum absolute atomic E-state index is 11.4. The van der Waals surface area contributed by atoms with Crippen LogP contribution in [0.25, 0.3) is 0 Å². The molecule has 1 N–H and O–H groups in total. The summed E-state index contributed by atoms with van der Waals surface area (Å²) in [7, 11) is 0. The molecule has 0 radical (unpaired) electrons. The number of carbonyl (C=O) groups excluding carboxylic acids is 2. The van der Waals surface area contributed by atoms with Gasteiger partial charge in [0.1, 0.15) is 5.78 Å². The zero-order chi connectivity index (χ0) is 15.8. The fourth-order valence-corrected chi connectivity index (χ4v) is 2.29. The fraction of sp³-hybridized carbons (Fsp3) is 0.882. The van der Waals surface area contributed by atoms with Crippen LogP contribution in [0.1, 0.15) is 90.9 Å². The van der Waals surface area contributed by atoms with E-state index in [9.17, 15) is 9.59 Å². The van der Waals surface area contributed by atoms with Crippen LogP contribution in [0.2, 0.25) is 0 Å². The molecule has 0 aliphatic carbocycles. The maximum Gasteiger partial charge on any atom is 1.00 e. The number of Topliss-reactive ketones (excluding diaryl/α,β-unsaturated/α-hetero) is 1. The second-order valence-electron chi connectivity index (χ2n) is 5.74. The minimum Gasteiger partial charge on any atom is -0.371 e. The topological polar surface area (TPSA) is 55.4 Å². The first kappa shape index (κ1) is 24.4. The predicted octanol–water partition coefficient (Wildman–Crippen LogP) is 1.33. The Labute approximate surface area is 158 Å². The molecule has 0 unspecified atom stereocenters. The van der Waals surface area contributed by atoms with E-state index < -0.39 is 5.97 Å². The molecule has 0 amide bonds. The van der Waals surface area contributed by atoms with Gasteiger partial charge in [0.25, 0.3) is 0 Å². The Balaban J connectivity index is 0. The third kappa shape index (κ3) is 20.1. The van der Waals surface area contributed by atoms with Crippen LogP contribution < -0.4 is 35.0 Å². The Bertz CT molecular complexity index is 273. The number of carbonyl (C=O) groups is 2. The molecule has 5 heteroatoms. The van der Waals surface area contributed by atoms with Crippen molar-refractivity contribution >= 4 is 11.8 Å². The van der Waals surface area contributed by atoms with E-state index in [4.69, 9.17) is 0 Å². The molecule has 0 aliphatic heterocycles. The maximum atomic E-state index is 11.4. The molecular formula is C17H33NNaO3+. The molecule has 0 aromatic rings. The van der Waals surface area contributed by atoms with Crippen LogP contribution in [0.5, 0.6) is 0 Å². The minimum atomic E-state index is -0.419. The van der Waals surface area contributed by atoms with Crippen molar-refractivity contribution in [1.29, 1.82) is 0 Å². The molecule has 22 heavy (non-hydrogen) atoms. The molecule has 0 atom stereocenters. The quantitative estimate of drug-likeness (QED) is 0.281. The van der Waals surface area contributed by atoms with Gasteiger partial charge in [-0.15, -0.1) is 5.48 Å². The van der Waals surface area contributed by atoms with Gasteiger partial charge < -0.3 is 4.84 Å². The SMILES string of the molecule is CCCCCCCCCCCCCC(=O)CNOC(C)=O.[Na+]. The standard InChI is InChI=1S/C17H33NO3.Na/c1-3-4-5-6-7-8-9-10-11-12-13-14-17(20)15-18-21-16(2)19;/h18H,3-15H2,1-2H3;/q;+1. The van der Waals surface area contributed by atoms with Crippen molar-refractivity contribution in [3.63, 3.8) is 0 Å². The average Bonchev–Trinajstić information content (AvgIpc) is 2.44. The van der Waals surface area contributed by atoms with Gasteiger partial charge in [-0.2, -0.15) is 0 Å². The van der Waals surface area contributed by atoms with Crippen molar-refractivity contribution in [1.82, 2.24) is 5.48 Å². The average molecular weight is 322 g/mol. The molecule has 0 spiro atoms. The van der Waals surface area contributed by atoms with Gasteiger partial charge >= 0.3 is 35.5 Å². The zero-order valence-electron chi connectivity index (χ0n) is 14.9. The molecule has 4 nitrogen and oxygen atoms in total. The summed E-state index contributed by atoms with van der Waals surface area (Å²) in [6.07, 6.45) is 14.7. The Morgan fingerprint density at radius 1 is 0.818 bits per heavy atom. The Kier molecular flexibility index (Phi) is 21.2. The van der Waals surface area contributed by atoms with E-state index in [1.54, 1.807) is 0 Å². The molecule has 0 aromatic carbocycles. The van der Waals surface area contributed by atoms with Crippen molar-refractivity contribution < 1.29 is 44.0 Å². The van der Waals surface area contributed by atoms with E-state index in [0.717, 1.165) is 12.8 Å². The molecule has 0 saturated carbocycles. The van der Waals surface area contributed by atoms with Crippen LogP contribution in [-0.4, -0.2) is 18.3 Å². The van der Waals surface area contributed by atoms with Gasteiger partial charge in [0.05, 0.1) is 6.54 Å². The van der Waals surface area contributed by atoms with Gasteiger partial charge in [-0.25, -0.2) is 0 Å². The summed E-state index contributed by atoms with van der Waals surface area (Å²) >= 11 is 0. The first-order valence-corrected chi connectivity index (χ1v) is 8.58. The number of rotatable bonds is 15. The minimum absolute atomic E-state index is 0. The van der Waals surface area contributed by atoms with Gasteiger partial charge in [0, 0.05) is 13.3 Å². The molecule has 0 bridgehead atoms. The molecule has 0 rings (SSSR count). The molecule has 0 aromatic heterocycles. The third-order valence-electron chi connectivity index (χ3n) is 3.54. The number of nitrogens with one attached hydrogen (secondary N) is 1. The summed E-state index contributed by atoms with van der Waals surface area (Å²) in [6, 6.07) is 0. The Morgan fingerprint density at radius 2 is 1.27 bits per heavy atom. The summed E-state index contributed by atoms with van der Waals surface area (Å²) in [4.78, 5) is 26.4. The summed E-state index contributed by atoms with van der Waals surface area (Å²) < 4.78 is 0. The third-order valence-corrected chi connectivity index (χ3v) is 3.54. The number of hydrogen-bond acceptors (Lipinski definition) is 4. The number of hydroxylamine groups is 1. The number of hydrogen-bond donors (Lipinski definition) is 1. The van der Waals surface area contributed by atoms with Crippen LogP contribution >= 0.6 is 0 Å². The van der Waals surface area contributed by atoms with Crippen molar-refractivity contribution in [3.05, 3.63) is 0 Å². The van der Waals surface area contributed by atoms with E-state index in [1.165, 1.54) is 64.7 Å². The van der Waals surface area contributed by atoms with Crippen molar-refractivity contribution in [3.8, 4) is 0 Å². The van der Waals surface area contributed by atoms with E-state index in [-0.39, 0.29) is 41.9 Å². The Hall–Kier alpha value is 0.1000. The largest absolute Gasteiger partial charge is 1.00 e. The number of ketones is 1. The van der Waals surface area contributed by atoms with Gasteiger partial charge in [-0.1, -0.05) is 71.1 Å². The zero-order valence-corrected chi connectivity index (χ0v) is 16.9. The van der Waals surface area contributed by atoms with Gasteiger partial charge in [0.2, 0.25) is 0 Å². The molecule has 0 saturated heterocycles. The van der Waals surface area contributed by atoms with Crippen molar-refractivity contribution in [2.24, 2.45) is 0 Å². The van der Waals surface area contributed by atoms with Gasteiger partial charge in [-0.3, -0.25) is 9.59 Å². The molecule has 0 fully saturated rings. The normalized spacial score (nSPS) is 10.1. The molecule has 0 aliphatic rings. The van der Waals surface area contributed by atoms with E-state index >= 15 is 0 Å². The monoisotopic (exact) mass is 322 g/mol. The molecule has 0 heterocycles. The van der Waals surface area contributed by atoms with Crippen LogP contribution in [0, 0.1) is 0 Å². The predicted molar refractivity (Wildman–Crippen MR) is 85.9 cm³/mol. The fourth-order valence-electron chi connectivity index (χ4n) is 2.29. The van der Waals surface area contributed by atoms with Crippen LogP contribution in [0.4, 0.5) is 0 Å². The Morgan fingerprint density at radius 3 is 1.73 bits per heavy atom. The first-order valence-electron chi connectivity index (χ1n) is 8.58. The summed E-state index contributed by atoms with van der Waals surface area (Å²) in [5, 5.41) is 0. The van der Waals surface area contributed by atoms with Crippen LogP contribution in [-0.2, 0) is 14.4 Å². The smallest absolute Gasteiger partial charge is 0.371 e. The van der Waals surface area contributed by atoms with Crippen molar-refractivity contribution in [2.75, 3.05) is 6.54 Å². The van der Waals surface area contributed by atoms with Crippen molar-refractivity contribution in [2.45, 2.75) is 90.9 Å². The second-order valence-corrected chi connectivity index (χ2v) is 5.74. The van der Waals surface area contributed by atoms with E-state index in [0.29, 0.717) is 6.42 Å². The first-order chi connectivity index (χ1) is 10.2. The van der Waals surface area contributed by atoms with E-state index in [2.05, 4.69) is 17.2 Å². The van der Waals surface area contributed by atoms with Gasteiger partial charge in [0.15, 0.2) is 0 Å². The molecular weight excluding hydrogens is 289 g/mol. The van der Waals surface area contributed by atoms with Crippen LogP contribution in [0.3, 0.4) is 0 Å². The van der Waals surface area contributed by atoms with E-state index in [1.807, 2.05) is 0 Å². The second kappa shape index (κ2) is 19.1. The van der Waals surface area contributed by atoms with Gasteiger partial charge in [-0.05, 0) is 6.42 Å². The number of unbranched alkanes of at least 4 members (excludes halogenated alkanes) is 10. The van der Waals surface area contributed by atoms with Crippen LogP contribution in [0.15, 0.2) is 0 Å². The summed E-state index contributed by atoms with van der Waals surface area (Å²) in [5.74, 6) is -0.315. The summed E-state index contributed by atoms with van der Waals surface area (Å²) in [6.45, 7) is 3.68.